The molecule has 6 heterocycles. The third-order valence-electron chi connectivity index (χ3n) is 12.8. The van der Waals surface area contributed by atoms with E-state index in [1.54, 1.807) is 25.7 Å². The van der Waals surface area contributed by atoms with Crippen molar-refractivity contribution in [1.82, 2.24) is 44.9 Å². The summed E-state index contributed by atoms with van der Waals surface area (Å²) < 4.78 is 14.0. The number of hydrogen-bond donors (Lipinski definition) is 2. The van der Waals surface area contributed by atoms with Crippen LogP contribution in [0, 0.1) is 0 Å². The molecule has 0 aromatic heterocycles. The molecule has 0 atom stereocenters. The Kier molecular flexibility index (Phi) is 35.4. The summed E-state index contributed by atoms with van der Waals surface area (Å²) in [6.07, 6.45) is -0.635. The van der Waals surface area contributed by atoms with Crippen LogP contribution in [0.25, 0.3) is 0 Å². The summed E-state index contributed by atoms with van der Waals surface area (Å²) in [5.74, 6) is -1.25. The Morgan fingerprint density at radius 1 is 0.488 bits per heavy atom. The second kappa shape index (κ2) is 39.9. The van der Waals surface area contributed by atoms with Gasteiger partial charge in [-0.1, -0.05) is 54.6 Å². The van der Waals surface area contributed by atoms with Gasteiger partial charge < -0.3 is 52.4 Å². The van der Waals surface area contributed by atoms with Crippen molar-refractivity contribution in [2.24, 2.45) is 0 Å². The summed E-state index contributed by atoms with van der Waals surface area (Å²) in [7, 11) is 4.32. The molecule has 6 aliphatic rings. The monoisotopic (exact) mass is 1250 g/mol. The molecule has 3 aromatic rings. The minimum atomic E-state index is -0.639. The van der Waals surface area contributed by atoms with Crippen LogP contribution in [0.15, 0.2) is 91.0 Å². The van der Waals surface area contributed by atoms with E-state index in [4.69, 9.17) is 32.7 Å². The predicted octanol–water partition coefficient (Wildman–Crippen LogP) is 2.10. The molecule has 23 nitrogen and oxygen atoms in total. The summed E-state index contributed by atoms with van der Waals surface area (Å²) in [5, 5.41) is 6.72. The van der Waals surface area contributed by atoms with Gasteiger partial charge in [0.2, 0.25) is 5.97 Å². The van der Waals surface area contributed by atoms with Crippen molar-refractivity contribution >= 4 is 84.9 Å². The SMILES string of the molecule is CC(=O)OOC(C)=O.CC(C)(C)OC(=O)N1CC(=O)C1.CC(C)(C)OC(=O)N1CC(N2CCN(C(=O)c3ccccc3)CC2)C1.ClCCl.O=C(c1ccccc1)N1CCN(C2CNC2)CC1.O=C(c1ccccc1)N1CCNCC1.[B-]OC(C)=O.[Na+]. The molecule has 0 saturated carbocycles. The third-order valence-corrected chi connectivity index (χ3v) is 12.8. The molecule has 0 spiro atoms. The molecule has 6 aliphatic heterocycles. The summed E-state index contributed by atoms with van der Waals surface area (Å²) in [6.45, 7) is 28.9. The number of benzene rings is 3. The molecule has 3 aromatic carbocycles. The van der Waals surface area contributed by atoms with Crippen molar-refractivity contribution in [3.63, 3.8) is 0 Å². The Balaban J connectivity index is 0.000000368. The minimum absolute atomic E-state index is 0. The van der Waals surface area contributed by atoms with Crippen molar-refractivity contribution in [1.29, 1.82) is 0 Å². The summed E-state index contributed by atoms with van der Waals surface area (Å²) in [4.78, 5) is 121. The molecule has 6 saturated heterocycles. The van der Waals surface area contributed by atoms with Crippen molar-refractivity contribution < 1.29 is 96.6 Å². The van der Waals surface area contributed by atoms with Gasteiger partial charge in [0.25, 0.3) is 17.7 Å². The Labute approximate surface area is 539 Å². The topological polar surface area (TPSA) is 247 Å². The zero-order chi connectivity index (χ0) is 63.1. The molecule has 0 bridgehead atoms. The minimum Gasteiger partial charge on any atom is -0.793 e. The number of rotatable bonds is 5. The molecule has 86 heavy (non-hydrogen) atoms. The first-order valence-corrected chi connectivity index (χ1v) is 29.1. The zero-order valence-corrected chi connectivity index (χ0v) is 54.9. The van der Waals surface area contributed by atoms with Crippen molar-refractivity contribution in [3.8, 4) is 0 Å². The van der Waals surface area contributed by atoms with E-state index in [0.29, 0.717) is 25.2 Å². The predicted molar refractivity (Wildman–Crippen MR) is 322 cm³/mol. The molecule has 3 radical (unpaired) electrons. The molecule has 467 valence electrons. The standard InChI is InChI=1S/C19H27N3O3.C14H19N3O.C11H14N2O.C8H13NO3.C4H6O4.C2H3BO2.CH2Cl2.Na/c1-19(2,3)25-18(24)22-13-16(14-22)20-9-11-21(12-10-20)17(23)15-7-5-4-6-8-15;18-14(12-4-2-1-3-5-12)17-8-6-16(7-9-17)13-10-15-11-13;14-11(10-4-2-1-3-5-10)13-8-6-12-7-9-13;1-8(2,3)12-7(11)9-4-6(10)5-9;1-3(5)7-8-4(2)6;1-2(4)5-3;2-1-3;/h4-8,16H,9-14H2,1-3H3;1-5,13,15H,6-11H2;1-5,12H,6-9H2;4-5H2,1-3H3;1-2H3;1H3;1H2;/q;;;;;-1;;+1. The smallest absolute Gasteiger partial charge is 0.793 e. The number of halogens is 2. The molecule has 6 fully saturated rings. The molecular weight excluding hydrogens is 1160 g/mol. The van der Waals surface area contributed by atoms with Crippen molar-refractivity contribution in [2.75, 3.05) is 123 Å². The number of nitrogens with one attached hydrogen (secondary N) is 2. The van der Waals surface area contributed by atoms with E-state index in [9.17, 15) is 43.2 Å². The van der Waals surface area contributed by atoms with Crippen LogP contribution in [0.2, 0.25) is 0 Å². The molecule has 27 heteroatoms. The average molecular weight is 1250 g/mol. The number of ether oxygens (including phenoxy) is 2. The van der Waals surface area contributed by atoms with Crippen LogP contribution < -0.4 is 40.2 Å². The Morgan fingerprint density at radius 2 is 0.802 bits per heavy atom. The van der Waals surface area contributed by atoms with E-state index >= 15 is 0 Å². The van der Waals surface area contributed by atoms with Gasteiger partial charge in [0.15, 0.2) is 5.78 Å². The van der Waals surface area contributed by atoms with Gasteiger partial charge >= 0.3 is 53.7 Å². The van der Waals surface area contributed by atoms with Gasteiger partial charge in [0.1, 0.15) is 11.2 Å². The van der Waals surface area contributed by atoms with E-state index in [-0.39, 0.29) is 77.6 Å². The van der Waals surface area contributed by atoms with Crippen LogP contribution in [-0.2, 0) is 43.1 Å². The number of carbonyl (C=O) groups is 9. The van der Waals surface area contributed by atoms with Gasteiger partial charge in [-0.15, -0.1) is 23.2 Å². The Bertz CT molecular complexity index is 2540. The number of Topliss-reactive ketones (excluding diaryl/α,β-unsaturated/α-hetero) is 1. The van der Waals surface area contributed by atoms with Gasteiger partial charge in [-0.3, -0.25) is 38.7 Å². The normalized spacial score (nSPS) is 16.7. The van der Waals surface area contributed by atoms with Crippen LogP contribution in [0.1, 0.15) is 93.4 Å². The number of ketones is 1. The van der Waals surface area contributed by atoms with E-state index in [1.165, 1.54) is 11.8 Å². The second-order valence-electron chi connectivity index (χ2n) is 21.9. The molecule has 5 amide bonds. The molecule has 0 unspecified atom stereocenters. The fourth-order valence-electron chi connectivity index (χ4n) is 8.38. The van der Waals surface area contributed by atoms with Gasteiger partial charge in [0.05, 0.1) is 18.4 Å². The van der Waals surface area contributed by atoms with E-state index in [2.05, 4.69) is 42.9 Å². The summed E-state index contributed by atoms with van der Waals surface area (Å²) >= 11 is 9.53. The van der Waals surface area contributed by atoms with Crippen LogP contribution in [-0.4, -0.2) is 242 Å². The maximum atomic E-state index is 12.5. The van der Waals surface area contributed by atoms with Gasteiger partial charge in [-0.2, -0.15) is 0 Å². The number of amides is 5. The summed E-state index contributed by atoms with van der Waals surface area (Å²) in [6, 6.07) is 29.5. The number of carbonyl (C=O) groups excluding carboxylic acids is 9. The van der Waals surface area contributed by atoms with Gasteiger partial charge in [0, 0.05) is 154 Å². The maximum Gasteiger partial charge on any atom is 1.00 e. The summed E-state index contributed by atoms with van der Waals surface area (Å²) in [5.41, 5.74) is 1.41. The fraction of sp³-hybridized carbons (Fsp3) is 0.542. The number of likely N-dealkylation sites (tertiary alicyclic amines) is 2. The van der Waals surface area contributed by atoms with Crippen LogP contribution in [0.4, 0.5) is 9.59 Å². The zero-order valence-electron chi connectivity index (χ0n) is 51.4. The van der Waals surface area contributed by atoms with Gasteiger partial charge in [-0.25, -0.2) is 29.0 Å². The fourth-order valence-corrected chi connectivity index (χ4v) is 8.38. The number of piperazine rings is 3. The number of alkyl halides is 2. The molecule has 2 N–H and O–H groups in total. The average Bonchev–Trinajstić information content (AvgIpc) is 3.10. The second-order valence-corrected chi connectivity index (χ2v) is 22.7. The Morgan fingerprint density at radius 3 is 1.08 bits per heavy atom. The Hall–Kier alpha value is -5.83. The first-order chi connectivity index (χ1) is 40.2. The van der Waals surface area contributed by atoms with E-state index in [1.807, 2.05) is 126 Å². The van der Waals surface area contributed by atoms with Crippen molar-refractivity contribution in [3.05, 3.63) is 108 Å². The number of nitrogens with zero attached hydrogens (tertiary/aromatic N) is 7. The van der Waals surface area contributed by atoms with Gasteiger partial charge in [-0.05, 0) is 77.9 Å². The van der Waals surface area contributed by atoms with Crippen LogP contribution in [0.5, 0.6) is 0 Å². The first kappa shape index (κ1) is 76.3. The number of hydrogen-bond acceptors (Lipinski definition) is 18. The van der Waals surface area contributed by atoms with Crippen LogP contribution in [0.3, 0.4) is 0 Å². The van der Waals surface area contributed by atoms with Crippen molar-refractivity contribution in [2.45, 2.75) is 85.6 Å². The maximum absolute atomic E-state index is 12.5. The van der Waals surface area contributed by atoms with E-state index < -0.39 is 35.2 Å². The van der Waals surface area contributed by atoms with E-state index in [0.717, 1.165) is 122 Å². The molecule has 0 aliphatic carbocycles. The largest absolute Gasteiger partial charge is 1.00 e. The van der Waals surface area contributed by atoms with Crippen LogP contribution >= 0.6 is 23.2 Å². The quantitative estimate of drug-likeness (QED) is 0.161. The molecular formula is C59H84BCl2N9NaO14. The third kappa shape index (κ3) is 29.7. The molecule has 9 rings (SSSR count). The first-order valence-electron chi connectivity index (χ1n) is 28.0.